The molecule has 0 bridgehead atoms. The highest BCUT2D eigenvalue weighted by atomic mass is 16.6. The average Bonchev–Trinajstić information content (AvgIpc) is 3.30. The molecule has 1 heterocycles. The van der Waals surface area contributed by atoms with Crippen LogP contribution < -0.4 is 4.74 Å². The van der Waals surface area contributed by atoms with Crippen molar-refractivity contribution in [3.8, 4) is 17.0 Å². The van der Waals surface area contributed by atoms with Crippen molar-refractivity contribution in [1.29, 1.82) is 0 Å². The van der Waals surface area contributed by atoms with Crippen molar-refractivity contribution in [1.82, 2.24) is 9.97 Å². The Morgan fingerprint density at radius 1 is 0.733 bits per heavy atom. The van der Waals surface area contributed by atoms with Crippen molar-refractivity contribution >= 4 is 34.9 Å². The lowest BCUT2D eigenvalue weighted by Crippen LogP contribution is -2.29. The van der Waals surface area contributed by atoms with Crippen molar-refractivity contribution in [2.24, 2.45) is 0 Å². The van der Waals surface area contributed by atoms with Crippen LogP contribution >= 0.6 is 0 Å². The highest BCUT2D eigenvalue weighted by Gasteiger charge is 2.46. The predicted molar refractivity (Wildman–Crippen MR) is 164 cm³/mol. The largest absolute Gasteiger partial charge is 0.497 e. The minimum atomic E-state index is -0.882. The van der Waals surface area contributed by atoms with Crippen molar-refractivity contribution in [3.05, 3.63) is 78.0 Å². The van der Waals surface area contributed by atoms with Crippen LogP contribution in [-0.4, -0.2) is 67.4 Å². The number of benzene rings is 2. The van der Waals surface area contributed by atoms with Gasteiger partial charge in [-0.1, -0.05) is 37.4 Å². The number of hydrogen-bond donors (Lipinski definition) is 0. The summed E-state index contributed by atoms with van der Waals surface area (Å²) in [6.07, 6.45) is 0.502. The van der Waals surface area contributed by atoms with Gasteiger partial charge in [0.25, 0.3) is 0 Å². The zero-order valence-corrected chi connectivity index (χ0v) is 25.7. The Kier molecular flexibility index (Phi) is 10.7. The molecule has 2 aromatic carbocycles. The lowest BCUT2D eigenvalue weighted by Gasteiger charge is -2.30. The van der Waals surface area contributed by atoms with E-state index >= 15 is 0 Å². The first-order chi connectivity index (χ1) is 21.6. The zero-order chi connectivity index (χ0) is 32.6. The maximum Gasteiger partial charge on any atom is 0.333 e. The van der Waals surface area contributed by atoms with Crippen LogP contribution in [0.1, 0.15) is 50.8 Å². The second-order valence-electron chi connectivity index (χ2n) is 10.7. The number of esters is 4. The minimum Gasteiger partial charge on any atom is -0.497 e. The van der Waals surface area contributed by atoms with E-state index in [1.807, 2.05) is 36.4 Å². The molecular weight excluding hydrogens is 580 g/mol. The van der Waals surface area contributed by atoms with Crippen LogP contribution in [-0.2, 0) is 43.5 Å². The van der Waals surface area contributed by atoms with Gasteiger partial charge in [0.15, 0.2) is 0 Å². The summed E-state index contributed by atoms with van der Waals surface area (Å²) in [5.74, 6) is -1.50. The molecule has 0 saturated carbocycles. The molecule has 3 aromatic rings. The fourth-order valence-electron chi connectivity index (χ4n) is 5.15. The lowest BCUT2D eigenvalue weighted by molar-refractivity contribution is -0.150. The molecule has 0 N–H and O–H groups in total. The van der Waals surface area contributed by atoms with Gasteiger partial charge in [-0.25, -0.2) is 19.6 Å². The molecular formula is C34H36N2O9. The van der Waals surface area contributed by atoms with Gasteiger partial charge in [-0.15, -0.1) is 0 Å². The number of fused-ring (bicyclic) bond motifs is 4. The van der Waals surface area contributed by atoms with Gasteiger partial charge in [-0.05, 0) is 44.4 Å². The molecule has 0 unspecified atom stereocenters. The molecule has 0 radical (unpaired) electrons. The molecule has 45 heavy (non-hydrogen) atoms. The van der Waals surface area contributed by atoms with Crippen molar-refractivity contribution in [2.75, 3.05) is 33.5 Å². The predicted octanol–water partition coefficient (Wildman–Crippen LogP) is 4.79. The molecule has 0 aliphatic heterocycles. The van der Waals surface area contributed by atoms with Gasteiger partial charge in [0.05, 0.1) is 29.5 Å². The van der Waals surface area contributed by atoms with Crippen LogP contribution in [0.25, 0.3) is 22.3 Å². The number of carbonyl (C=O) groups is 4. The third-order valence-electron chi connectivity index (χ3n) is 7.39. The maximum absolute atomic E-state index is 12.9. The van der Waals surface area contributed by atoms with Crippen molar-refractivity contribution in [3.63, 3.8) is 0 Å². The summed E-state index contributed by atoms with van der Waals surface area (Å²) in [7, 11) is 1.57. The third-order valence-corrected chi connectivity index (χ3v) is 7.39. The zero-order valence-electron chi connectivity index (χ0n) is 25.7. The monoisotopic (exact) mass is 616 g/mol. The summed E-state index contributed by atoms with van der Waals surface area (Å²) in [6.45, 7) is 9.70. The molecule has 4 rings (SSSR count). The Balaban J connectivity index is 1.58. The van der Waals surface area contributed by atoms with Gasteiger partial charge < -0.3 is 23.7 Å². The van der Waals surface area contributed by atoms with Crippen LogP contribution in [0.15, 0.2) is 66.8 Å². The standard InChI is InChI=1S/C34H36N2O9/c1-21(2)32(39)44-18-16-42-28(37)12-14-34(15-13-29(38)43-17-19-45-33(40)22(3)4)25-9-7-6-8-24(25)30-31(34)36-27-20-23(41-5)10-11-26(27)35-30/h6-11,20H,1,3,12-19H2,2,4-5H3. The molecule has 11 heteroatoms. The van der Waals surface area contributed by atoms with Gasteiger partial charge in [-0.3, -0.25) is 9.59 Å². The molecule has 0 spiro atoms. The minimum absolute atomic E-state index is 0.00800. The Labute approximate surface area is 261 Å². The van der Waals surface area contributed by atoms with E-state index in [1.165, 1.54) is 13.8 Å². The van der Waals surface area contributed by atoms with E-state index in [0.29, 0.717) is 28.2 Å². The second-order valence-corrected chi connectivity index (χ2v) is 10.7. The Bertz CT molecular complexity index is 1600. The summed E-state index contributed by atoms with van der Waals surface area (Å²) >= 11 is 0. The van der Waals surface area contributed by atoms with Crippen molar-refractivity contribution < 1.29 is 42.9 Å². The highest BCUT2D eigenvalue weighted by Crippen LogP contribution is 2.52. The molecule has 11 nitrogen and oxygen atoms in total. The molecule has 0 saturated heterocycles. The molecule has 0 fully saturated rings. The first-order valence-electron chi connectivity index (χ1n) is 14.5. The number of ether oxygens (including phenoxy) is 5. The van der Waals surface area contributed by atoms with Crippen molar-refractivity contribution in [2.45, 2.75) is 44.9 Å². The van der Waals surface area contributed by atoms with Gasteiger partial charge in [0.1, 0.15) is 32.2 Å². The number of rotatable bonds is 15. The van der Waals surface area contributed by atoms with E-state index in [2.05, 4.69) is 13.2 Å². The molecule has 236 valence electrons. The van der Waals surface area contributed by atoms with Crippen LogP contribution in [0.4, 0.5) is 0 Å². The number of carbonyl (C=O) groups excluding carboxylic acids is 4. The van der Waals surface area contributed by atoms with Crippen LogP contribution in [0.3, 0.4) is 0 Å². The average molecular weight is 617 g/mol. The third kappa shape index (κ3) is 7.72. The summed E-state index contributed by atoms with van der Waals surface area (Å²) in [5.41, 5.74) is 3.94. The SMILES string of the molecule is C=C(C)C(=O)OCCOC(=O)CCC1(CCC(=O)OCCOC(=O)C(=C)C)c2ccccc2-c2nc3ccc(OC)cc3nc21. The summed E-state index contributed by atoms with van der Waals surface area (Å²) < 4.78 is 26.1. The lowest BCUT2D eigenvalue weighted by atomic mass is 9.73. The summed E-state index contributed by atoms with van der Waals surface area (Å²) in [5, 5.41) is 0. The fraction of sp³-hybridized carbons (Fsp3) is 0.353. The first-order valence-corrected chi connectivity index (χ1v) is 14.5. The Morgan fingerprint density at radius 2 is 1.29 bits per heavy atom. The number of aromatic nitrogens is 2. The summed E-state index contributed by atoms with van der Waals surface area (Å²) in [4.78, 5) is 59.0. The van der Waals surface area contributed by atoms with E-state index in [4.69, 9.17) is 33.7 Å². The van der Waals surface area contributed by atoms with Crippen LogP contribution in [0, 0.1) is 0 Å². The molecule has 1 aliphatic carbocycles. The topological polar surface area (TPSA) is 140 Å². The van der Waals surface area contributed by atoms with Crippen LogP contribution in [0.5, 0.6) is 5.75 Å². The van der Waals surface area contributed by atoms with Gasteiger partial charge in [-0.2, -0.15) is 0 Å². The van der Waals surface area contributed by atoms with Gasteiger partial charge >= 0.3 is 23.9 Å². The van der Waals surface area contributed by atoms with Gasteiger partial charge in [0.2, 0.25) is 0 Å². The van der Waals surface area contributed by atoms with E-state index in [9.17, 15) is 19.2 Å². The highest BCUT2D eigenvalue weighted by molar-refractivity contribution is 5.88. The second kappa shape index (κ2) is 14.6. The molecule has 0 atom stereocenters. The normalized spacial score (nSPS) is 12.4. The Morgan fingerprint density at radius 3 is 1.84 bits per heavy atom. The van der Waals surface area contributed by atoms with Crippen LogP contribution in [0.2, 0.25) is 0 Å². The van der Waals surface area contributed by atoms with Gasteiger partial charge in [0, 0.05) is 41.0 Å². The van der Waals surface area contributed by atoms with E-state index in [0.717, 1.165) is 11.1 Å². The smallest absolute Gasteiger partial charge is 0.333 e. The summed E-state index contributed by atoms with van der Waals surface area (Å²) in [6, 6.07) is 13.1. The van der Waals surface area contributed by atoms with E-state index in [-0.39, 0.29) is 63.3 Å². The first kappa shape index (κ1) is 32.8. The fourth-order valence-corrected chi connectivity index (χ4v) is 5.15. The number of methoxy groups -OCH3 is 1. The molecule has 1 aliphatic rings. The van der Waals surface area contributed by atoms with E-state index in [1.54, 1.807) is 13.2 Å². The number of hydrogen-bond acceptors (Lipinski definition) is 11. The number of nitrogens with zero attached hydrogens (tertiary/aromatic N) is 2. The molecule has 1 aromatic heterocycles. The maximum atomic E-state index is 12.9. The molecule has 0 amide bonds. The Hall–Kier alpha value is -5.06. The van der Waals surface area contributed by atoms with E-state index < -0.39 is 29.3 Å². The quantitative estimate of drug-likeness (QED) is 0.101.